The average molecular weight is 274 g/mol. The molecule has 2 aromatic rings. The molecule has 1 heterocycles. The Hall–Kier alpha value is -1.88. The van der Waals surface area contributed by atoms with E-state index >= 15 is 0 Å². The van der Waals surface area contributed by atoms with E-state index in [9.17, 15) is 0 Å². The van der Waals surface area contributed by atoms with Gasteiger partial charge in [0.05, 0.1) is 13.2 Å². The first kappa shape index (κ1) is 14.5. The lowest BCUT2D eigenvalue weighted by atomic mass is 10.1. The van der Waals surface area contributed by atoms with Gasteiger partial charge < -0.3 is 14.6 Å². The summed E-state index contributed by atoms with van der Waals surface area (Å²) in [7, 11) is 1.95. The number of nitrogens with zero attached hydrogens (tertiary/aromatic N) is 3. The second-order valence-electron chi connectivity index (χ2n) is 4.88. The van der Waals surface area contributed by atoms with Gasteiger partial charge in [-0.15, -0.1) is 10.2 Å². The van der Waals surface area contributed by atoms with E-state index in [-0.39, 0.29) is 6.04 Å². The zero-order chi connectivity index (χ0) is 14.4. The molecule has 108 valence electrons. The maximum atomic E-state index is 5.58. The van der Waals surface area contributed by atoms with Crippen LogP contribution < -0.4 is 10.1 Å². The van der Waals surface area contributed by atoms with Crippen LogP contribution in [-0.4, -0.2) is 21.4 Å². The van der Waals surface area contributed by atoms with Crippen LogP contribution in [0.5, 0.6) is 5.75 Å². The summed E-state index contributed by atoms with van der Waals surface area (Å²) in [4.78, 5) is 0. The fourth-order valence-corrected chi connectivity index (χ4v) is 1.90. The molecule has 0 aliphatic carbocycles. The number of benzene rings is 1. The largest absolute Gasteiger partial charge is 0.494 e. The van der Waals surface area contributed by atoms with Gasteiger partial charge in [0.2, 0.25) is 0 Å². The van der Waals surface area contributed by atoms with Gasteiger partial charge in [0.25, 0.3) is 0 Å². The lowest BCUT2D eigenvalue weighted by Crippen LogP contribution is -2.20. The topological polar surface area (TPSA) is 52.0 Å². The molecular formula is C15H22N4O. The fraction of sp³-hybridized carbons (Fsp3) is 0.467. The van der Waals surface area contributed by atoms with Crippen LogP contribution in [0.4, 0.5) is 0 Å². The van der Waals surface area contributed by atoms with Gasteiger partial charge in [0.15, 0.2) is 0 Å². The molecule has 1 aromatic carbocycles. The molecule has 20 heavy (non-hydrogen) atoms. The van der Waals surface area contributed by atoms with Crippen LogP contribution in [0.25, 0.3) is 0 Å². The van der Waals surface area contributed by atoms with Gasteiger partial charge in [-0.1, -0.05) is 19.1 Å². The third kappa shape index (κ3) is 3.81. The van der Waals surface area contributed by atoms with Gasteiger partial charge in [-0.2, -0.15) is 0 Å². The number of hydrogen-bond donors (Lipinski definition) is 1. The highest BCUT2D eigenvalue weighted by atomic mass is 16.5. The van der Waals surface area contributed by atoms with E-state index in [0.29, 0.717) is 6.54 Å². The SMILES string of the molecule is CCCOc1ccc(C(C)NCc2nncn2C)cc1. The smallest absolute Gasteiger partial charge is 0.146 e. The lowest BCUT2D eigenvalue weighted by Gasteiger charge is -2.14. The van der Waals surface area contributed by atoms with Gasteiger partial charge >= 0.3 is 0 Å². The second-order valence-corrected chi connectivity index (χ2v) is 4.88. The van der Waals surface area contributed by atoms with Gasteiger partial charge in [-0.25, -0.2) is 0 Å². The highest BCUT2D eigenvalue weighted by molar-refractivity contribution is 5.28. The quantitative estimate of drug-likeness (QED) is 0.842. The molecule has 0 saturated heterocycles. The summed E-state index contributed by atoms with van der Waals surface area (Å²) in [5, 5.41) is 11.4. The zero-order valence-corrected chi connectivity index (χ0v) is 12.3. The Morgan fingerprint density at radius 3 is 2.65 bits per heavy atom. The summed E-state index contributed by atoms with van der Waals surface area (Å²) < 4.78 is 7.50. The third-order valence-electron chi connectivity index (χ3n) is 3.22. The highest BCUT2D eigenvalue weighted by Gasteiger charge is 2.07. The number of hydrogen-bond acceptors (Lipinski definition) is 4. The summed E-state index contributed by atoms with van der Waals surface area (Å²) in [6, 6.07) is 8.49. The fourth-order valence-electron chi connectivity index (χ4n) is 1.90. The van der Waals surface area contributed by atoms with Crippen LogP contribution >= 0.6 is 0 Å². The summed E-state index contributed by atoms with van der Waals surface area (Å²) in [5.41, 5.74) is 1.23. The molecule has 1 N–H and O–H groups in total. The van der Waals surface area contributed by atoms with E-state index in [2.05, 4.69) is 41.5 Å². The van der Waals surface area contributed by atoms with Gasteiger partial charge in [0, 0.05) is 13.1 Å². The molecule has 0 amide bonds. The number of rotatable bonds is 7. The van der Waals surface area contributed by atoms with Crippen LogP contribution in [-0.2, 0) is 13.6 Å². The minimum absolute atomic E-state index is 0.256. The molecular weight excluding hydrogens is 252 g/mol. The number of nitrogens with one attached hydrogen (secondary N) is 1. The Labute approximate surface area is 120 Å². The average Bonchev–Trinajstić information content (AvgIpc) is 2.88. The number of aryl methyl sites for hydroxylation is 1. The lowest BCUT2D eigenvalue weighted by molar-refractivity contribution is 0.317. The first-order valence-electron chi connectivity index (χ1n) is 6.99. The van der Waals surface area contributed by atoms with Gasteiger partial charge in [-0.05, 0) is 31.0 Å². The van der Waals surface area contributed by atoms with Crippen molar-refractivity contribution in [3.05, 3.63) is 42.0 Å². The highest BCUT2D eigenvalue weighted by Crippen LogP contribution is 2.18. The summed E-state index contributed by atoms with van der Waals surface area (Å²) >= 11 is 0. The van der Waals surface area contributed by atoms with Crippen molar-refractivity contribution in [2.24, 2.45) is 7.05 Å². The molecule has 0 radical (unpaired) electrons. The van der Waals surface area contributed by atoms with Crippen LogP contribution in [0.2, 0.25) is 0 Å². The predicted octanol–water partition coefficient (Wildman–Crippen LogP) is 2.45. The monoisotopic (exact) mass is 274 g/mol. The Balaban J connectivity index is 1.88. The van der Waals surface area contributed by atoms with E-state index in [1.807, 2.05) is 23.7 Å². The van der Waals surface area contributed by atoms with Crippen molar-refractivity contribution in [2.75, 3.05) is 6.61 Å². The maximum absolute atomic E-state index is 5.58. The molecule has 0 spiro atoms. The number of aromatic nitrogens is 3. The van der Waals surface area contributed by atoms with Crippen molar-refractivity contribution in [3.8, 4) is 5.75 Å². The number of ether oxygens (including phenoxy) is 1. The molecule has 1 aromatic heterocycles. The Morgan fingerprint density at radius 2 is 2.05 bits per heavy atom. The zero-order valence-electron chi connectivity index (χ0n) is 12.3. The third-order valence-corrected chi connectivity index (χ3v) is 3.22. The molecule has 5 nitrogen and oxygen atoms in total. The Kier molecular flexibility index (Phi) is 5.12. The molecule has 1 atom stereocenters. The van der Waals surface area contributed by atoms with Crippen molar-refractivity contribution >= 4 is 0 Å². The van der Waals surface area contributed by atoms with Crippen LogP contribution in [0.1, 0.15) is 37.7 Å². The molecule has 1 unspecified atom stereocenters. The minimum atomic E-state index is 0.256. The summed E-state index contributed by atoms with van der Waals surface area (Å²) in [6.07, 6.45) is 2.74. The van der Waals surface area contributed by atoms with E-state index in [0.717, 1.165) is 24.6 Å². The molecule has 0 aliphatic rings. The van der Waals surface area contributed by atoms with Crippen molar-refractivity contribution in [1.29, 1.82) is 0 Å². The normalized spacial score (nSPS) is 12.3. The second kappa shape index (κ2) is 7.05. The van der Waals surface area contributed by atoms with Crippen LogP contribution in [0.15, 0.2) is 30.6 Å². The van der Waals surface area contributed by atoms with E-state index in [1.54, 1.807) is 6.33 Å². The van der Waals surface area contributed by atoms with E-state index in [1.165, 1.54) is 5.56 Å². The first-order chi connectivity index (χ1) is 9.70. The van der Waals surface area contributed by atoms with E-state index in [4.69, 9.17) is 4.74 Å². The van der Waals surface area contributed by atoms with Crippen molar-refractivity contribution in [2.45, 2.75) is 32.9 Å². The Bertz CT molecular complexity index is 521. The van der Waals surface area contributed by atoms with E-state index < -0.39 is 0 Å². The van der Waals surface area contributed by atoms with Gasteiger partial charge in [0.1, 0.15) is 17.9 Å². The van der Waals surface area contributed by atoms with Crippen LogP contribution in [0.3, 0.4) is 0 Å². The standard InChI is InChI=1S/C15H22N4O/c1-4-9-20-14-7-5-13(6-8-14)12(2)16-10-15-18-17-11-19(15)3/h5-8,11-12,16H,4,9-10H2,1-3H3. The van der Waals surface area contributed by atoms with Gasteiger partial charge in [-0.3, -0.25) is 0 Å². The predicted molar refractivity (Wildman–Crippen MR) is 78.5 cm³/mol. The van der Waals surface area contributed by atoms with Crippen LogP contribution in [0, 0.1) is 0 Å². The Morgan fingerprint density at radius 1 is 1.30 bits per heavy atom. The molecule has 0 fully saturated rings. The van der Waals surface area contributed by atoms with Crippen molar-refractivity contribution < 1.29 is 4.74 Å². The first-order valence-corrected chi connectivity index (χ1v) is 6.99. The van der Waals surface area contributed by atoms with Crippen molar-refractivity contribution in [3.63, 3.8) is 0 Å². The molecule has 0 aliphatic heterocycles. The molecule has 0 saturated carbocycles. The molecule has 2 rings (SSSR count). The maximum Gasteiger partial charge on any atom is 0.146 e. The molecule has 0 bridgehead atoms. The molecule has 5 heteroatoms. The summed E-state index contributed by atoms with van der Waals surface area (Å²) in [5.74, 6) is 1.86. The minimum Gasteiger partial charge on any atom is -0.494 e. The van der Waals surface area contributed by atoms with Crippen molar-refractivity contribution in [1.82, 2.24) is 20.1 Å². The summed E-state index contributed by atoms with van der Waals surface area (Å²) in [6.45, 7) is 5.70.